The molecule has 0 saturated heterocycles. The Bertz CT molecular complexity index is 623. The molecule has 1 aromatic carbocycles. The number of anilines is 1. The molecule has 0 saturated carbocycles. The second-order valence-corrected chi connectivity index (χ2v) is 5.34. The molecule has 2 N–H and O–H groups in total. The first-order chi connectivity index (χ1) is 9.88. The van der Waals surface area contributed by atoms with E-state index in [1.54, 1.807) is 23.9 Å². The zero-order valence-electron chi connectivity index (χ0n) is 12.3. The van der Waals surface area contributed by atoms with Gasteiger partial charge in [-0.05, 0) is 24.5 Å². The Morgan fingerprint density at radius 1 is 1.33 bits per heavy atom. The van der Waals surface area contributed by atoms with Crippen LogP contribution in [0.1, 0.15) is 19.4 Å². The number of nitrogens with zero attached hydrogens (tertiary/aromatic N) is 2. The van der Waals surface area contributed by atoms with Crippen molar-refractivity contribution in [2.24, 2.45) is 13.0 Å². The van der Waals surface area contributed by atoms with Crippen LogP contribution in [-0.4, -0.2) is 16.4 Å². The summed E-state index contributed by atoms with van der Waals surface area (Å²) < 4.78 is 30.7. The standard InChI is InChI=1S/C15H19F2N3O/c1-9(2)7-12-13(19-20(3)14(12)18)10-5-4-6-11(8-10)21-15(16)17/h4-6,8-9,15H,7,18H2,1-3H3. The summed E-state index contributed by atoms with van der Waals surface area (Å²) >= 11 is 0. The van der Waals surface area contributed by atoms with Gasteiger partial charge in [0.15, 0.2) is 0 Å². The molecule has 6 heteroatoms. The molecule has 0 radical (unpaired) electrons. The average Bonchev–Trinajstić information content (AvgIpc) is 2.66. The molecule has 114 valence electrons. The predicted octanol–water partition coefficient (Wildman–Crippen LogP) is 3.47. The highest BCUT2D eigenvalue weighted by molar-refractivity contribution is 5.69. The lowest BCUT2D eigenvalue weighted by molar-refractivity contribution is -0.0498. The smallest absolute Gasteiger partial charge is 0.387 e. The topological polar surface area (TPSA) is 53.1 Å². The van der Waals surface area contributed by atoms with Crippen LogP contribution < -0.4 is 10.5 Å². The van der Waals surface area contributed by atoms with Gasteiger partial charge in [-0.25, -0.2) is 0 Å². The number of rotatable bonds is 5. The zero-order chi connectivity index (χ0) is 15.6. The average molecular weight is 295 g/mol. The molecule has 1 heterocycles. The minimum atomic E-state index is -2.84. The van der Waals surface area contributed by atoms with Crippen LogP contribution in [0.25, 0.3) is 11.3 Å². The number of benzene rings is 1. The molecule has 0 aliphatic heterocycles. The Morgan fingerprint density at radius 2 is 2.05 bits per heavy atom. The summed E-state index contributed by atoms with van der Waals surface area (Å²) in [5.74, 6) is 1.12. The Kier molecular flexibility index (Phi) is 4.45. The first kappa shape index (κ1) is 15.3. The monoisotopic (exact) mass is 295 g/mol. The number of nitrogen functional groups attached to an aromatic ring is 1. The van der Waals surface area contributed by atoms with E-state index in [1.807, 2.05) is 6.07 Å². The Morgan fingerprint density at radius 3 is 2.67 bits per heavy atom. The van der Waals surface area contributed by atoms with Gasteiger partial charge in [-0.3, -0.25) is 4.68 Å². The van der Waals surface area contributed by atoms with Gasteiger partial charge in [0.25, 0.3) is 0 Å². The lowest BCUT2D eigenvalue weighted by atomic mass is 9.99. The fourth-order valence-corrected chi connectivity index (χ4v) is 2.24. The van der Waals surface area contributed by atoms with Crippen LogP contribution in [0, 0.1) is 5.92 Å². The molecular formula is C15H19F2N3O. The summed E-state index contributed by atoms with van der Waals surface area (Å²) in [4.78, 5) is 0. The van der Waals surface area contributed by atoms with Crippen LogP contribution in [0.3, 0.4) is 0 Å². The fraction of sp³-hybridized carbons (Fsp3) is 0.400. The highest BCUT2D eigenvalue weighted by Gasteiger charge is 2.17. The minimum absolute atomic E-state index is 0.113. The summed E-state index contributed by atoms with van der Waals surface area (Å²) in [6.45, 7) is 1.34. The molecule has 0 amide bonds. The summed E-state index contributed by atoms with van der Waals surface area (Å²) in [5.41, 5.74) is 8.42. The van der Waals surface area contributed by atoms with Crippen LogP contribution in [0.15, 0.2) is 24.3 Å². The highest BCUT2D eigenvalue weighted by Crippen LogP contribution is 2.31. The third-order valence-electron chi connectivity index (χ3n) is 3.14. The van der Waals surface area contributed by atoms with Crippen molar-refractivity contribution in [3.8, 4) is 17.0 Å². The van der Waals surface area contributed by atoms with E-state index in [0.717, 1.165) is 17.5 Å². The normalized spacial score (nSPS) is 11.4. The maximum atomic E-state index is 12.3. The van der Waals surface area contributed by atoms with E-state index in [0.29, 0.717) is 17.4 Å². The van der Waals surface area contributed by atoms with Crippen molar-refractivity contribution in [2.45, 2.75) is 26.9 Å². The number of aromatic nitrogens is 2. The number of aryl methyl sites for hydroxylation is 1. The van der Waals surface area contributed by atoms with Crippen LogP contribution >= 0.6 is 0 Å². The van der Waals surface area contributed by atoms with Gasteiger partial charge < -0.3 is 10.5 Å². The molecular weight excluding hydrogens is 276 g/mol. The van der Waals surface area contributed by atoms with Gasteiger partial charge in [-0.15, -0.1) is 0 Å². The van der Waals surface area contributed by atoms with Crippen LogP contribution in [0.5, 0.6) is 5.75 Å². The van der Waals surface area contributed by atoms with Crippen molar-refractivity contribution in [3.63, 3.8) is 0 Å². The number of ether oxygens (including phenoxy) is 1. The fourth-order valence-electron chi connectivity index (χ4n) is 2.24. The largest absolute Gasteiger partial charge is 0.435 e. The molecule has 4 nitrogen and oxygen atoms in total. The van der Waals surface area contributed by atoms with E-state index < -0.39 is 6.61 Å². The lowest BCUT2D eigenvalue weighted by Gasteiger charge is -2.08. The quantitative estimate of drug-likeness (QED) is 0.919. The third-order valence-corrected chi connectivity index (χ3v) is 3.14. The molecule has 0 fully saturated rings. The molecule has 21 heavy (non-hydrogen) atoms. The second-order valence-electron chi connectivity index (χ2n) is 5.34. The van der Waals surface area contributed by atoms with E-state index in [2.05, 4.69) is 23.7 Å². The summed E-state index contributed by atoms with van der Waals surface area (Å²) in [6.07, 6.45) is 0.773. The molecule has 0 aliphatic carbocycles. The van der Waals surface area contributed by atoms with Crippen molar-refractivity contribution in [1.29, 1.82) is 0 Å². The van der Waals surface area contributed by atoms with Crippen molar-refractivity contribution >= 4 is 5.82 Å². The highest BCUT2D eigenvalue weighted by atomic mass is 19.3. The molecule has 0 aliphatic rings. The number of hydrogen-bond donors (Lipinski definition) is 1. The van der Waals surface area contributed by atoms with E-state index in [1.165, 1.54) is 6.07 Å². The molecule has 0 spiro atoms. The molecule has 1 aromatic heterocycles. The van der Waals surface area contributed by atoms with Crippen LogP contribution in [0.4, 0.5) is 14.6 Å². The predicted molar refractivity (Wildman–Crippen MR) is 78.2 cm³/mol. The van der Waals surface area contributed by atoms with E-state index in [4.69, 9.17) is 5.73 Å². The molecule has 0 bridgehead atoms. The van der Waals surface area contributed by atoms with Gasteiger partial charge in [0.05, 0.1) is 5.69 Å². The van der Waals surface area contributed by atoms with Crippen molar-refractivity contribution in [2.75, 3.05) is 5.73 Å². The number of hydrogen-bond acceptors (Lipinski definition) is 3. The Hall–Kier alpha value is -2.11. The summed E-state index contributed by atoms with van der Waals surface area (Å²) in [7, 11) is 1.77. The summed E-state index contributed by atoms with van der Waals surface area (Å²) in [6, 6.07) is 6.52. The van der Waals surface area contributed by atoms with Gasteiger partial charge >= 0.3 is 6.61 Å². The Labute approximate surface area is 122 Å². The van der Waals surface area contributed by atoms with Crippen molar-refractivity contribution in [3.05, 3.63) is 29.8 Å². The number of halogens is 2. The van der Waals surface area contributed by atoms with Crippen LogP contribution in [0.2, 0.25) is 0 Å². The van der Waals surface area contributed by atoms with Gasteiger partial charge in [-0.2, -0.15) is 13.9 Å². The van der Waals surface area contributed by atoms with E-state index >= 15 is 0 Å². The van der Waals surface area contributed by atoms with Crippen molar-refractivity contribution in [1.82, 2.24) is 9.78 Å². The maximum Gasteiger partial charge on any atom is 0.387 e. The van der Waals surface area contributed by atoms with Gasteiger partial charge in [0, 0.05) is 18.2 Å². The molecule has 2 aromatic rings. The second kappa shape index (κ2) is 6.11. The number of nitrogens with two attached hydrogens (primary N) is 1. The third kappa shape index (κ3) is 3.51. The minimum Gasteiger partial charge on any atom is -0.435 e. The van der Waals surface area contributed by atoms with E-state index in [9.17, 15) is 8.78 Å². The SMILES string of the molecule is CC(C)Cc1c(-c2cccc(OC(F)F)c2)nn(C)c1N. The number of alkyl halides is 2. The van der Waals surface area contributed by atoms with Crippen LogP contribution in [-0.2, 0) is 13.5 Å². The zero-order valence-corrected chi connectivity index (χ0v) is 12.3. The van der Waals surface area contributed by atoms with E-state index in [-0.39, 0.29) is 5.75 Å². The van der Waals surface area contributed by atoms with Crippen molar-refractivity contribution < 1.29 is 13.5 Å². The maximum absolute atomic E-state index is 12.3. The van der Waals surface area contributed by atoms with Gasteiger partial charge in [0.2, 0.25) is 0 Å². The Balaban J connectivity index is 2.44. The molecule has 0 unspecified atom stereocenters. The summed E-state index contributed by atoms with van der Waals surface area (Å²) in [5, 5.41) is 4.40. The lowest BCUT2D eigenvalue weighted by Crippen LogP contribution is -2.02. The molecule has 2 rings (SSSR count). The van der Waals surface area contributed by atoms with Gasteiger partial charge in [-0.1, -0.05) is 26.0 Å². The first-order valence-electron chi connectivity index (χ1n) is 6.75. The first-order valence-corrected chi connectivity index (χ1v) is 6.75. The molecule has 0 atom stereocenters. The van der Waals surface area contributed by atoms with Gasteiger partial charge in [0.1, 0.15) is 11.6 Å².